The van der Waals surface area contributed by atoms with Crippen molar-refractivity contribution in [1.29, 1.82) is 0 Å². The molecule has 1 aromatic carbocycles. The van der Waals surface area contributed by atoms with Crippen molar-refractivity contribution in [3.8, 4) is 5.75 Å². The molecule has 1 aliphatic heterocycles. The number of carbonyl (C=O) groups excluding carboxylic acids is 1. The molecule has 3 rings (SSSR count). The molecular formula is C12H14N2O2. The van der Waals surface area contributed by atoms with Gasteiger partial charge in [-0.2, -0.15) is 0 Å². The first kappa shape index (κ1) is 9.51. The van der Waals surface area contributed by atoms with Crippen LogP contribution in [-0.2, 0) is 4.79 Å². The van der Waals surface area contributed by atoms with Gasteiger partial charge in [-0.25, -0.2) is 0 Å². The number of methoxy groups -OCH3 is 1. The lowest BCUT2D eigenvalue weighted by atomic mass is 10.1. The lowest BCUT2D eigenvalue weighted by Crippen LogP contribution is -2.27. The van der Waals surface area contributed by atoms with E-state index >= 15 is 0 Å². The second-order valence-electron chi connectivity index (χ2n) is 4.50. The molecule has 1 fully saturated rings. The fourth-order valence-electron chi connectivity index (χ4n) is 2.06. The summed E-state index contributed by atoms with van der Waals surface area (Å²) >= 11 is 0. The Kier molecular flexibility index (Phi) is 1.87. The van der Waals surface area contributed by atoms with Crippen molar-refractivity contribution in [2.45, 2.75) is 12.8 Å². The molecule has 2 N–H and O–H groups in total. The van der Waals surface area contributed by atoms with Gasteiger partial charge >= 0.3 is 0 Å². The van der Waals surface area contributed by atoms with E-state index in [2.05, 4.69) is 10.6 Å². The largest absolute Gasteiger partial charge is 0.497 e. The minimum absolute atomic E-state index is 0.143. The fourth-order valence-corrected chi connectivity index (χ4v) is 2.06. The zero-order chi connectivity index (χ0) is 11.2. The first-order valence-corrected chi connectivity index (χ1v) is 5.47. The molecule has 84 valence electrons. The monoisotopic (exact) mass is 218 g/mol. The van der Waals surface area contributed by atoms with Gasteiger partial charge in [0.15, 0.2) is 0 Å². The predicted molar refractivity (Wildman–Crippen MR) is 61.8 cm³/mol. The number of ether oxygens (including phenoxy) is 1. The summed E-state index contributed by atoms with van der Waals surface area (Å²) in [5.74, 6) is 0.941. The van der Waals surface area contributed by atoms with E-state index in [0.29, 0.717) is 0 Å². The molecule has 0 atom stereocenters. The van der Waals surface area contributed by atoms with E-state index in [1.807, 2.05) is 18.2 Å². The van der Waals surface area contributed by atoms with Crippen molar-refractivity contribution in [2.24, 2.45) is 5.41 Å². The molecule has 1 aliphatic carbocycles. The number of hydrogen-bond acceptors (Lipinski definition) is 3. The Morgan fingerprint density at radius 1 is 1.31 bits per heavy atom. The Bertz CT molecular complexity index is 452. The van der Waals surface area contributed by atoms with Crippen molar-refractivity contribution < 1.29 is 9.53 Å². The predicted octanol–water partition coefficient (Wildman–Crippen LogP) is 1.84. The third-order valence-electron chi connectivity index (χ3n) is 3.43. The van der Waals surface area contributed by atoms with E-state index < -0.39 is 0 Å². The van der Waals surface area contributed by atoms with Gasteiger partial charge in [-0.3, -0.25) is 4.79 Å². The molecule has 0 radical (unpaired) electrons. The van der Waals surface area contributed by atoms with Crippen LogP contribution in [0.2, 0.25) is 0 Å². The van der Waals surface area contributed by atoms with Crippen molar-refractivity contribution in [1.82, 2.24) is 0 Å². The van der Waals surface area contributed by atoms with Crippen LogP contribution in [0.4, 0.5) is 11.4 Å². The summed E-state index contributed by atoms with van der Waals surface area (Å²) in [6.45, 7) is 0.721. The maximum Gasteiger partial charge on any atom is 0.232 e. The van der Waals surface area contributed by atoms with Crippen molar-refractivity contribution >= 4 is 17.3 Å². The molecule has 4 nitrogen and oxygen atoms in total. The van der Waals surface area contributed by atoms with Crippen LogP contribution in [0.5, 0.6) is 5.75 Å². The Balaban J connectivity index is 1.96. The normalized spacial score (nSPS) is 20.4. The van der Waals surface area contributed by atoms with Crippen LogP contribution in [0.1, 0.15) is 12.8 Å². The third-order valence-corrected chi connectivity index (χ3v) is 3.43. The molecule has 0 bridgehead atoms. The Morgan fingerprint density at radius 3 is 2.81 bits per heavy atom. The van der Waals surface area contributed by atoms with Crippen LogP contribution in [0.15, 0.2) is 18.2 Å². The summed E-state index contributed by atoms with van der Waals surface area (Å²) in [5.41, 5.74) is 1.62. The SMILES string of the molecule is COc1ccc2c(c1)NCC1(CC1)C(=O)N2. The molecule has 1 heterocycles. The van der Waals surface area contributed by atoms with Crippen LogP contribution in [0.25, 0.3) is 0 Å². The first-order chi connectivity index (χ1) is 7.73. The van der Waals surface area contributed by atoms with Crippen LogP contribution in [0.3, 0.4) is 0 Å². The quantitative estimate of drug-likeness (QED) is 0.756. The highest BCUT2D eigenvalue weighted by Crippen LogP contribution is 2.48. The summed E-state index contributed by atoms with van der Waals surface area (Å²) in [6.07, 6.45) is 1.97. The van der Waals surface area contributed by atoms with Crippen LogP contribution in [-0.4, -0.2) is 19.6 Å². The van der Waals surface area contributed by atoms with Gasteiger partial charge in [-0.05, 0) is 25.0 Å². The van der Waals surface area contributed by atoms with Gasteiger partial charge in [0.25, 0.3) is 0 Å². The molecule has 0 unspecified atom stereocenters. The second-order valence-corrected chi connectivity index (χ2v) is 4.50. The van der Waals surface area contributed by atoms with Crippen molar-refractivity contribution in [3.05, 3.63) is 18.2 Å². The van der Waals surface area contributed by atoms with Gasteiger partial charge in [0, 0.05) is 12.6 Å². The number of hydrogen-bond donors (Lipinski definition) is 2. The average molecular weight is 218 g/mol. The highest BCUT2D eigenvalue weighted by atomic mass is 16.5. The smallest absolute Gasteiger partial charge is 0.232 e. The average Bonchev–Trinajstić information content (AvgIpc) is 3.09. The number of anilines is 2. The van der Waals surface area contributed by atoms with Gasteiger partial charge in [-0.15, -0.1) is 0 Å². The van der Waals surface area contributed by atoms with Crippen molar-refractivity contribution in [2.75, 3.05) is 24.3 Å². The Hall–Kier alpha value is -1.71. The van der Waals surface area contributed by atoms with E-state index in [4.69, 9.17) is 4.74 Å². The van der Waals surface area contributed by atoms with Gasteiger partial charge in [-0.1, -0.05) is 0 Å². The number of rotatable bonds is 1. The van der Waals surface area contributed by atoms with E-state index in [1.165, 1.54) is 0 Å². The number of amides is 1. The lowest BCUT2D eigenvalue weighted by molar-refractivity contribution is -0.120. The minimum atomic E-state index is -0.160. The first-order valence-electron chi connectivity index (χ1n) is 5.47. The Morgan fingerprint density at radius 2 is 2.12 bits per heavy atom. The third kappa shape index (κ3) is 1.33. The van der Waals surface area contributed by atoms with E-state index in [9.17, 15) is 4.79 Å². The number of nitrogens with one attached hydrogen (secondary N) is 2. The van der Waals surface area contributed by atoms with E-state index in [1.54, 1.807) is 7.11 Å². The molecule has 4 heteroatoms. The molecule has 1 amide bonds. The zero-order valence-corrected chi connectivity index (χ0v) is 9.17. The van der Waals surface area contributed by atoms with Crippen LogP contribution < -0.4 is 15.4 Å². The van der Waals surface area contributed by atoms with Crippen molar-refractivity contribution in [3.63, 3.8) is 0 Å². The number of benzene rings is 1. The summed E-state index contributed by atoms with van der Waals surface area (Å²) in [5, 5.41) is 6.29. The molecule has 0 saturated heterocycles. The fraction of sp³-hybridized carbons (Fsp3) is 0.417. The zero-order valence-electron chi connectivity index (χ0n) is 9.17. The Labute approximate surface area is 94.0 Å². The summed E-state index contributed by atoms with van der Waals surface area (Å²) in [6, 6.07) is 5.64. The number of fused-ring (bicyclic) bond motifs is 1. The van der Waals surface area contributed by atoms with E-state index in [0.717, 1.165) is 36.5 Å². The molecule has 1 spiro atoms. The highest BCUT2D eigenvalue weighted by Gasteiger charge is 2.50. The molecule has 1 saturated carbocycles. The van der Waals surface area contributed by atoms with Crippen LogP contribution in [0, 0.1) is 5.41 Å². The second kappa shape index (κ2) is 3.14. The molecule has 1 aromatic rings. The minimum Gasteiger partial charge on any atom is -0.497 e. The highest BCUT2D eigenvalue weighted by molar-refractivity contribution is 6.01. The number of carbonyl (C=O) groups is 1. The molecule has 16 heavy (non-hydrogen) atoms. The molecular weight excluding hydrogens is 204 g/mol. The standard InChI is InChI=1S/C12H14N2O2/c1-16-8-2-3-9-10(6-8)13-7-12(4-5-12)11(15)14-9/h2-3,6,13H,4-5,7H2,1H3,(H,14,15). The van der Waals surface area contributed by atoms with Gasteiger partial charge in [0.1, 0.15) is 5.75 Å². The van der Waals surface area contributed by atoms with Gasteiger partial charge < -0.3 is 15.4 Å². The topological polar surface area (TPSA) is 50.4 Å². The molecule has 2 aliphatic rings. The van der Waals surface area contributed by atoms with Gasteiger partial charge in [0.05, 0.1) is 23.9 Å². The van der Waals surface area contributed by atoms with E-state index in [-0.39, 0.29) is 11.3 Å². The summed E-state index contributed by atoms with van der Waals surface area (Å²) in [4.78, 5) is 11.9. The van der Waals surface area contributed by atoms with Gasteiger partial charge in [0.2, 0.25) is 5.91 Å². The maximum atomic E-state index is 11.9. The summed E-state index contributed by atoms with van der Waals surface area (Å²) in [7, 11) is 1.64. The van der Waals surface area contributed by atoms with Crippen LogP contribution >= 0.6 is 0 Å². The molecule has 0 aromatic heterocycles. The summed E-state index contributed by atoms with van der Waals surface area (Å²) < 4.78 is 5.16. The maximum absolute atomic E-state index is 11.9. The lowest BCUT2D eigenvalue weighted by Gasteiger charge is -2.09.